The molecule has 4 atom stereocenters. The summed E-state index contributed by atoms with van der Waals surface area (Å²) in [5.74, 6) is -0.529. The molecular weight excluding hydrogens is 506 g/mol. The van der Waals surface area contributed by atoms with Crippen molar-refractivity contribution in [1.29, 1.82) is 0 Å². The van der Waals surface area contributed by atoms with Gasteiger partial charge in [-0.05, 0) is 49.6 Å². The standard InChI is InChI=1S/C25H24F6N2O4/c26-24(27,28)14-3-7-20(19(10-14)23(34)37-22-2-1-9-35-22)36-18-11-16-5-6-17(12-18)33(16)21-8-4-15(13-32-21)25(29,30)31/h3-4,7-8,10,13,16-18,22H,1-2,5-6,9,11-12H2/t16-,17?,18?,22?/m1/s1. The second-order valence-electron chi connectivity index (χ2n) is 9.46. The number of rotatable bonds is 5. The number of aromatic nitrogens is 1. The largest absolute Gasteiger partial charge is 0.489 e. The zero-order valence-corrected chi connectivity index (χ0v) is 19.5. The Bertz CT molecular complexity index is 1120. The molecule has 0 saturated carbocycles. The van der Waals surface area contributed by atoms with Crippen LogP contribution in [-0.2, 0) is 21.8 Å². The number of pyridine rings is 1. The average molecular weight is 530 g/mol. The summed E-state index contributed by atoms with van der Waals surface area (Å²) in [7, 11) is 0. The van der Waals surface area contributed by atoms with E-state index in [2.05, 4.69) is 4.98 Å². The van der Waals surface area contributed by atoms with Crippen molar-refractivity contribution >= 4 is 11.8 Å². The summed E-state index contributed by atoms with van der Waals surface area (Å²) in [6.45, 7) is 0.402. The summed E-state index contributed by atoms with van der Waals surface area (Å²) in [6, 6.07) is 4.93. The highest BCUT2D eigenvalue weighted by Crippen LogP contribution is 2.41. The predicted octanol–water partition coefficient (Wildman–Crippen LogP) is 5.99. The summed E-state index contributed by atoms with van der Waals surface area (Å²) >= 11 is 0. The highest BCUT2D eigenvalue weighted by molar-refractivity contribution is 5.93. The topological polar surface area (TPSA) is 60.9 Å². The molecule has 200 valence electrons. The molecular formula is C25H24F6N2O4. The molecule has 3 unspecified atom stereocenters. The smallest absolute Gasteiger partial charge is 0.417 e. The minimum absolute atomic E-state index is 0.0125. The number of anilines is 1. The van der Waals surface area contributed by atoms with E-state index in [9.17, 15) is 31.1 Å². The molecule has 6 nitrogen and oxygen atoms in total. The molecule has 4 heterocycles. The van der Waals surface area contributed by atoms with Crippen LogP contribution < -0.4 is 9.64 Å². The molecule has 3 saturated heterocycles. The molecule has 0 spiro atoms. The van der Waals surface area contributed by atoms with Gasteiger partial charge in [0.05, 0.1) is 17.7 Å². The Labute approximate surface area is 208 Å². The fraction of sp³-hybridized carbons (Fsp3) is 0.520. The number of benzene rings is 1. The van der Waals surface area contributed by atoms with Crippen molar-refractivity contribution in [2.75, 3.05) is 11.5 Å². The minimum atomic E-state index is -4.66. The summed E-state index contributed by atoms with van der Waals surface area (Å²) in [5.41, 5.74) is -2.15. The first-order valence-electron chi connectivity index (χ1n) is 12.0. The van der Waals surface area contributed by atoms with Crippen LogP contribution in [0.5, 0.6) is 5.75 Å². The van der Waals surface area contributed by atoms with Gasteiger partial charge in [0.15, 0.2) is 0 Å². The van der Waals surface area contributed by atoms with E-state index >= 15 is 0 Å². The lowest BCUT2D eigenvalue weighted by Gasteiger charge is -2.40. The van der Waals surface area contributed by atoms with Crippen molar-refractivity contribution in [3.8, 4) is 5.75 Å². The molecule has 3 fully saturated rings. The van der Waals surface area contributed by atoms with Gasteiger partial charge in [-0.25, -0.2) is 9.78 Å². The Morgan fingerprint density at radius 1 is 0.946 bits per heavy atom. The molecule has 0 aliphatic carbocycles. The third-order valence-corrected chi connectivity index (χ3v) is 6.98. The van der Waals surface area contributed by atoms with Gasteiger partial charge in [-0.3, -0.25) is 0 Å². The fourth-order valence-electron chi connectivity index (χ4n) is 5.28. The zero-order chi connectivity index (χ0) is 26.4. The Kier molecular flexibility index (Phi) is 6.71. The van der Waals surface area contributed by atoms with Gasteiger partial charge in [0.1, 0.15) is 23.2 Å². The van der Waals surface area contributed by atoms with E-state index in [0.717, 1.165) is 43.3 Å². The van der Waals surface area contributed by atoms with E-state index < -0.39 is 41.8 Å². The van der Waals surface area contributed by atoms with Gasteiger partial charge >= 0.3 is 18.3 Å². The summed E-state index contributed by atoms with van der Waals surface area (Å²) in [5, 5.41) is 0. The third-order valence-electron chi connectivity index (χ3n) is 6.98. The molecule has 2 bridgehead atoms. The first-order chi connectivity index (χ1) is 17.5. The average Bonchev–Trinajstić information content (AvgIpc) is 3.43. The summed E-state index contributed by atoms with van der Waals surface area (Å²) in [6.07, 6.45) is -5.92. The van der Waals surface area contributed by atoms with E-state index in [-0.39, 0.29) is 23.4 Å². The number of carbonyl (C=O) groups is 1. The minimum Gasteiger partial charge on any atom is -0.489 e. The van der Waals surface area contributed by atoms with E-state index in [1.165, 1.54) is 6.07 Å². The number of nitrogens with zero attached hydrogens (tertiary/aromatic N) is 2. The SMILES string of the molecule is O=C(OC1CCCO1)c1cc(C(F)(F)F)ccc1OC1CC2CC[C@H](C1)N2c1ccc(C(F)(F)F)cn1. The van der Waals surface area contributed by atoms with Gasteiger partial charge in [0, 0.05) is 37.5 Å². The van der Waals surface area contributed by atoms with Gasteiger partial charge < -0.3 is 19.1 Å². The lowest BCUT2D eigenvalue weighted by Crippen LogP contribution is -2.47. The number of piperidine rings is 1. The second kappa shape index (κ2) is 9.70. The Balaban J connectivity index is 1.33. The van der Waals surface area contributed by atoms with Gasteiger partial charge in [0.2, 0.25) is 6.29 Å². The highest BCUT2D eigenvalue weighted by atomic mass is 19.4. The van der Waals surface area contributed by atoms with Crippen LogP contribution in [0.3, 0.4) is 0 Å². The molecule has 3 aliphatic rings. The number of alkyl halides is 6. The second-order valence-corrected chi connectivity index (χ2v) is 9.46. The molecule has 37 heavy (non-hydrogen) atoms. The predicted molar refractivity (Wildman–Crippen MR) is 118 cm³/mol. The highest BCUT2D eigenvalue weighted by Gasteiger charge is 2.43. The van der Waals surface area contributed by atoms with Crippen LogP contribution in [0, 0.1) is 0 Å². The van der Waals surface area contributed by atoms with Crippen LogP contribution in [-0.4, -0.2) is 42.0 Å². The van der Waals surface area contributed by atoms with Crippen LogP contribution in [0.25, 0.3) is 0 Å². The van der Waals surface area contributed by atoms with Crippen molar-refractivity contribution < 1.29 is 45.3 Å². The van der Waals surface area contributed by atoms with Crippen LogP contribution in [0.15, 0.2) is 36.5 Å². The normalized spacial score (nSPS) is 25.8. The number of hydrogen-bond donors (Lipinski definition) is 0. The third kappa shape index (κ3) is 5.48. The molecule has 0 radical (unpaired) electrons. The summed E-state index contributed by atoms with van der Waals surface area (Å²) < 4.78 is 95.3. The Morgan fingerprint density at radius 3 is 2.19 bits per heavy atom. The van der Waals surface area contributed by atoms with Crippen molar-refractivity contribution in [3.63, 3.8) is 0 Å². The number of ether oxygens (including phenoxy) is 3. The van der Waals surface area contributed by atoms with Crippen molar-refractivity contribution in [2.45, 2.75) is 75.4 Å². The molecule has 0 N–H and O–H groups in total. The van der Waals surface area contributed by atoms with E-state index in [0.29, 0.717) is 38.1 Å². The fourth-order valence-corrected chi connectivity index (χ4v) is 5.28. The Morgan fingerprint density at radius 2 is 1.62 bits per heavy atom. The molecule has 12 heteroatoms. The lowest BCUT2D eigenvalue weighted by molar-refractivity contribution is -0.138. The molecule has 0 amide bonds. The number of halogens is 6. The maximum Gasteiger partial charge on any atom is 0.417 e. The lowest BCUT2D eigenvalue weighted by atomic mass is 9.99. The van der Waals surface area contributed by atoms with Gasteiger partial charge in [-0.1, -0.05) is 0 Å². The van der Waals surface area contributed by atoms with Gasteiger partial charge in [-0.15, -0.1) is 0 Å². The first-order valence-corrected chi connectivity index (χ1v) is 12.0. The maximum absolute atomic E-state index is 13.3. The van der Waals surface area contributed by atoms with E-state index in [1.807, 2.05) is 4.90 Å². The Hall–Kier alpha value is -3.02. The zero-order valence-electron chi connectivity index (χ0n) is 19.5. The quantitative estimate of drug-likeness (QED) is 0.350. The monoisotopic (exact) mass is 530 g/mol. The number of carbonyl (C=O) groups excluding carboxylic acids is 1. The van der Waals surface area contributed by atoms with Gasteiger partial charge in [-0.2, -0.15) is 26.3 Å². The van der Waals surface area contributed by atoms with Crippen molar-refractivity contribution in [2.24, 2.45) is 0 Å². The molecule has 1 aromatic heterocycles. The van der Waals surface area contributed by atoms with Crippen molar-refractivity contribution in [3.05, 3.63) is 53.2 Å². The number of hydrogen-bond acceptors (Lipinski definition) is 6. The van der Waals surface area contributed by atoms with E-state index in [4.69, 9.17) is 14.2 Å². The van der Waals surface area contributed by atoms with E-state index in [1.54, 1.807) is 0 Å². The molecule has 1 aromatic carbocycles. The van der Waals surface area contributed by atoms with Crippen LogP contribution in [0.2, 0.25) is 0 Å². The molecule has 3 aliphatic heterocycles. The summed E-state index contributed by atoms with van der Waals surface area (Å²) in [4.78, 5) is 18.8. The van der Waals surface area contributed by atoms with Crippen molar-refractivity contribution in [1.82, 2.24) is 4.98 Å². The van der Waals surface area contributed by atoms with Gasteiger partial charge in [0.25, 0.3) is 0 Å². The number of fused-ring (bicyclic) bond motifs is 2. The molecule has 2 aromatic rings. The number of esters is 1. The first kappa shape index (κ1) is 25.6. The van der Waals surface area contributed by atoms with Crippen LogP contribution >= 0.6 is 0 Å². The molecule has 5 rings (SSSR count). The van der Waals surface area contributed by atoms with Crippen LogP contribution in [0.4, 0.5) is 32.2 Å². The van der Waals surface area contributed by atoms with Crippen LogP contribution in [0.1, 0.15) is 60.0 Å². The maximum atomic E-state index is 13.3.